The van der Waals surface area contributed by atoms with Gasteiger partial charge in [-0.15, -0.1) is 0 Å². The van der Waals surface area contributed by atoms with Crippen molar-refractivity contribution >= 4 is 12.2 Å². The van der Waals surface area contributed by atoms with Gasteiger partial charge in [-0.05, 0) is 41.2 Å². The third kappa shape index (κ3) is 7.59. The first-order valence-electron chi connectivity index (χ1n) is 11.1. The maximum Gasteiger partial charge on any atom is 0.407 e. The highest BCUT2D eigenvalue weighted by Crippen LogP contribution is 2.45. The van der Waals surface area contributed by atoms with Crippen LogP contribution in [0, 0.1) is 10.8 Å². The van der Waals surface area contributed by atoms with E-state index in [9.17, 15) is 9.59 Å². The van der Waals surface area contributed by atoms with Crippen LogP contribution in [0.5, 0.6) is 0 Å². The normalized spacial score (nSPS) is 21.9. The lowest BCUT2D eigenvalue weighted by molar-refractivity contribution is 0.0610. The summed E-state index contributed by atoms with van der Waals surface area (Å²) >= 11 is 0. The summed E-state index contributed by atoms with van der Waals surface area (Å²) < 4.78 is 10.7. The molecule has 1 aliphatic carbocycles. The predicted octanol–water partition coefficient (Wildman–Crippen LogP) is 5.42. The van der Waals surface area contributed by atoms with Gasteiger partial charge in [-0.25, -0.2) is 9.59 Å². The van der Waals surface area contributed by atoms with Crippen LogP contribution in [0.3, 0.4) is 0 Å². The number of amides is 2. The molecule has 0 aliphatic heterocycles. The van der Waals surface area contributed by atoms with E-state index in [2.05, 4.69) is 31.4 Å². The first kappa shape index (κ1) is 23.6. The second-order valence-corrected chi connectivity index (χ2v) is 9.88. The highest BCUT2D eigenvalue weighted by Gasteiger charge is 2.42. The number of ether oxygens (including phenoxy) is 2. The molecule has 1 aliphatic rings. The number of rotatable bonds is 7. The second kappa shape index (κ2) is 10.5. The van der Waals surface area contributed by atoms with Crippen LogP contribution < -0.4 is 10.6 Å². The fourth-order valence-electron chi connectivity index (χ4n) is 4.86. The van der Waals surface area contributed by atoms with Crippen molar-refractivity contribution in [2.24, 2.45) is 10.8 Å². The Hall–Kier alpha value is -3.02. The largest absolute Gasteiger partial charge is 0.445 e. The number of benzene rings is 2. The van der Waals surface area contributed by atoms with Crippen molar-refractivity contribution in [1.29, 1.82) is 0 Å². The molecule has 0 unspecified atom stereocenters. The molecule has 6 heteroatoms. The lowest BCUT2D eigenvalue weighted by Crippen LogP contribution is -2.50. The standard InChI is InChI=1S/C26H34N2O4/c1-25(2)14-22(28-24(30)32-17-21-12-8-5-9-13-21)15-26(3,18-25)19-27-23(29)31-16-20-10-6-4-7-11-20/h4-13,22H,14-19H2,1-3H3,(H,27,29)(H,28,30)/t22-,26-/m0/s1. The van der Waals surface area contributed by atoms with Crippen molar-refractivity contribution in [2.75, 3.05) is 6.54 Å². The molecule has 0 saturated heterocycles. The van der Waals surface area contributed by atoms with Gasteiger partial charge in [0.2, 0.25) is 0 Å². The maximum atomic E-state index is 12.4. The van der Waals surface area contributed by atoms with Crippen LogP contribution in [0.2, 0.25) is 0 Å². The summed E-state index contributed by atoms with van der Waals surface area (Å²) in [6.07, 6.45) is 1.73. The highest BCUT2D eigenvalue weighted by molar-refractivity contribution is 5.68. The van der Waals surface area contributed by atoms with Gasteiger partial charge >= 0.3 is 12.2 Å². The van der Waals surface area contributed by atoms with Crippen molar-refractivity contribution in [3.63, 3.8) is 0 Å². The minimum absolute atomic E-state index is 0.0193. The van der Waals surface area contributed by atoms with Gasteiger partial charge < -0.3 is 20.1 Å². The Morgan fingerprint density at radius 2 is 1.38 bits per heavy atom. The zero-order chi connectivity index (χ0) is 23.0. The molecule has 172 valence electrons. The first-order valence-corrected chi connectivity index (χ1v) is 11.1. The van der Waals surface area contributed by atoms with Gasteiger partial charge in [-0.3, -0.25) is 0 Å². The van der Waals surface area contributed by atoms with E-state index in [1.807, 2.05) is 60.7 Å². The molecular formula is C26H34N2O4. The Labute approximate surface area is 190 Å². The van der Waals surface area contributed by atoms with Crippen LogP contribution in [0.15, 0.2) is 60.7 Å². The molecule has 1 fully saturated rings. The van der Waals surface area contributed by atoms with Crippen molar-refractivity contribution in [1.82, 2.24) is 10.6 Å². The minimum atomic E-state index is -0.426. The van der Waals surface area contributed by atoms with E-state index in [1.54, 1.807) is 0 Å². The SMILES string of the molecule is CC1(C)C[C@H](NC(=O)OCc2ccccc2)C[C@](C)(CNC(=O)OCc2ccccc2)C1. The monoisotopic (exact) mass is 438 g/mol. The van der Waals surface area contributed by atoms with Crippen LogP contribution in [0.25, 0.3) is 0 Å². The molecule has 1 saturated carbocycles. The molecule has 0 bridgehead atoms. The van der Waals surface area contributed by atoms with Crippen molar-refractivity contribution in [3.05, 3.63) is 71.8 Å². The van der Waals surface area contributed by atoms with Gasteiger partial charge in [-0.2, -0.15) is 0 Å². The van der Waals surface area contributed by atoms with Gasteiger partial charge in [0.05, 0.1) is 0 Å². The van der Waals surface area contributed by atoms with Gasteiger partial charge in [0.1, 0.15) is 13.2 Å². The molecule has 0 heterocycles. The average Bonchev–Trinajstić information content (AvgIpc) is 2.75. The second-order valence-electron chi connectivity index (χ2n) is 9.88. The molecule has 32 heavy (non-hydrogen) atoms. The quantitative estimate of drug-likeness (QED) is 0.605. The van der Waals surface area contributed by atoms with Gasteiger partial charge in [0, 0.05) is 12.6 Å². The number of hydrogen-bond acceptors (Lipinski definition) is 4. The minimum Gasteiger partial charge on any atom is -0.445 e. The van der Waals surface area contributed by atoms with Crippen molar-refractivity contribution < 1.29 is 19.1 Å². The topological polar surface area (TPSA) is 76.7 Å². The number of hydrogen-bond donors (Lipinski definition) is 2. The zero-order valence-electron chi connectivity index (χ0n) is 19.2. The van der Waals surface area contributed by atoms with E-state index < -0.39 is 12.2 Å². The molecule has 0 aromatic heterocycles. The van der Waals surface area contributed by atoms with Crippen LogP contribution in [-0.4, -0.2) is 24.8 Å². The van der Waals surface area contributed by atoms with Crippen LogP contribution in [-0.2, 0) is 22.7 Å². The molecule has 2 amide bonds. The Balaban J connectivity index is 1.48. The molecular weight excluding hydrogens is 404 g/mol. The van der Waals surface area contributed by atoms with E-state index in [0.717, 1.165) is 30.4 Å². The third-order valence-electron chi connectivity index (χ3n) is 5.85. The van der Waals surface area contributed by atoms with E-state index in [4.69, 9.17) is 9.47 Å². The fourth-order valence-corrected chi connectivity index (χ4v) is 4.86. The smallest absolute Gasteiger partial charge is 0.407 e. The number of carbonyl (C=O) groups is 2. The summed E-state index contributed by atoms with van der Waals surface area (Å²) in [5, 5.41) is 5.95. The number of carbonyl (C=O) groups excluding carboxylic acids is 2. The van der Waals surface area contributed by atoms with Crippen LogP contribution >= 0.6 is 0 Å². The lowest BCUT2D eigenvalue weighted by Gasteiger charge is -2.46. The van der Waals surface area contributed by atoms with Gasteiger partial charge in [-0.1, -0.05) is 81.4 Å². The molecule has 2 aromatic carbocycles. The molecule has 3 rings (SSSR count). The average molecular weight is 439 g/mol. The van der Waals surface area contributed by atoms with Crippen LogP contribution in [0.1, 0.15) is 51.2 Å². The fraction of sp³-hybridized carbons (Fsp3) is 0.462. The van der Waals surface area contributed by atoms with E-state index >= 15 is 0 Å². The lowest BCUT2D eigenvalue weighted by atomic mass is 9.62. The summed E-state index contributed by atoms with van der Waals surface area (Å²) in [7, 11) is 0. The third-order valence-corrected chi connectivity index (χ3v) is 5.85. The zero-order valence-corrected chi connectivity index (χ0v) is 19.2. The first-order chi connectivity index (χ1) is 15.2. The summed E-state index contributed by atoms with van der Waals surface area (Å²) in [5.41, 5.74) is 1.77. The van der Waals surface area contributed by atoms with E-state index in [-0.39, 0.29) is 30.1 Å². The van der Waals surface area contributed by atoms with Crippen molar-refractivity contribution in [2.45, 2.75) is 59.3 Å². The summed E-state index contributed by atoms with van der Waals surface area (Å²) in [6, 6.07) is 19.2. The summed E-state index contributed by atoms with van der Waals surface area (Å²) in [6.45, 7) is 7.52. The van der Waals surface area contributed by atoms with Gasteiger partial charge in [0.15, 0.2) is 0 Å². The summed E-state index contributed by atoms with van der Waals surface area (Å²) in [5.74, 6) is 0. The van der Waals surface area contributed by atoms with Crippen molar-refractivity contribution in [3.8, 4) is 0 Å². The van der Waals surface area contributed by atoms with Gasteiger partial charge in [0.25, 0.3) is 0 Å². The molecule has 2 atom stereocenters. The molecule has 0 radical (unpaired) electrons. The Morgan fingerprint density at radius 3 is 1.94 bits per heavy atom. The Bertz CT molecular complexity index is 885. The van der Waals surface area contributed by atoms with E-state index in [1.165, 1.54) is 0 Å². The Morgan fingerprint density at radius 1 is 0.844 bits per heavy atom. The maximum absolute atomic E-state index is 12.4. The number of alkyl carbamates (subject to hydrolysis) is 2. The van der Waals surface area contributed by atoms with Crippen LogP contribution in [0.4, 0.5) is 9.59 Å². The summed E-state index contributed by atoms with van der Waals surface area (Å²) in [4.78, 5) is 24.6. The predicted molar refractivity (Wildman–Crippen MR) is 124 cm³/mol. The molecule has 6 nitrogen and oxygen atoms in total. The van der Waals surface area contributed by atoms with E-state index in [0.29, 0.717) is 6.54 Å². The molecule has 0 spiro atoms. The highest BCUT2D eigenvalue weighted by atomic mass is 16.6. The molecule has 2 N–H and O–H groups in total. The molecule has 2 aromatic rings. The number of nitrogens with one attached hydrogen (secondary N) is 2. The Kier molecular flexibility index (Phi) is 7.78.